The molecule has 0 aliphatic heterocycles. The van der Waals surface area contributed by atoms with Gasteiger partial charge in [-0.3, -0.25) is 4.79 Å². The second kappa shape index (κ2) is 5.49. The number of carboxylic acid groups (broad SMARTS) is 1. The number of carbonyl (C=O) groups is 1. The van der Waals surface area contributed by atoms with E-state index in [0.29, 0.717) is 12.2 Å². The molecule has 4 heteroatoms. The number of hydrogen-bond donors (Lipinski definition) is 1. The van der Waals surface area contributed by atoms with E-state index in [1.807, 2.05) is 24.3 Å². The van der Waals surface area contributed by atoms with Gasteiger partial charge in [-0.1, -0.05) is 31.2 Å². The van der Waals surface area contributed by atoms with Crippen LogP contribution in [-0.4, -0.2) is 16.1 Å². The first kappa shape index (κ1) is 12.4. The van der Waals surface area contributed by atoms with Gasteiger partial charge < -0.3 is 9.52 Å². The largest absolute Gasteiger partial charge is 0.481 e. The van der Waals surface area contributed by atoms with Gasteiger partial charge in [-0.05, 0) is 12.0 Å². The molecule has 2 aromatic rings. The first-order valence-electron chi connectivity index (χ1n) is 5.94. The van der Waals surface area contributed by atoms with Crippen LogP contribution in [0.3, 0.4) is 0 Å². The highest BCUT2D eigenvalue weighted by molar-refractivity contribution is 5.68. The van der Waals surface area contributed by atoms with E-state index in [1.54, 1.807) is 0 Å². The lowest BCUT2D eigenvalue weighted by molar-refractivity contribution is -0.137. The van der Waals surface area contributed by atoms with Gasteiger partial charge in [0.2, 0.25) is 0 Å². The zero-order valence-corrected chi connectivity index (χ0v) is 10.2. The van der Waals surface area contributed by atoms with Gasteiger partial charge in [0.1, 0.15) is 11.5 Å². The molecular weight excluding hydrogens is 230 g/mol. The van der Waals surface area contributed by atoms with E-state index >= 15 is 0 Å². The van der Waals surface area contributed by atoms with Gasteiger partial charge in [0.15, 0.2) is 6.39 Å². The van der Waals surface area contributed by atoms with E-state index < -0.39 is 5.97 Å². The van der Waals surface area contributed by atoms with Crippen molar-refractivity contribution in [1.29, 1.82) is 0 Å². The standard InChI is InChI=1S/C14H15NO3/c1-2-10-3-5-11(6-4-10)14-12(18-9-15-14)7-8-13(16)17/h3-6,9H,2,7-8H2,1H3,(H,16,17). The first-order chi connectivity index (χ1) is 8.70. The minimum atomic E-state index is -0.835. The lowest BCUT2D eigenvalue weighted by atomic mass is 10.1. The maximum Gasteiger partial charge on any atom is 0.303 e. The van der Waals surface area contributed by atoms with Crippen LogP contribution in [0.25, 0.3) is 11.3 Å². The smallest absolute Gasteiger partial charge is 0.303 e. The Morgan fingerprint density at radius 3 is 2.67 bits per heavy atom. The van der Waals surface area contributed by atoms with Crippen molar-refractivity contribution >= 4 is 5.97 Å². The number of nitrogens with zero attached hydrogens (tertiary/aromatic N) is 1. The predicted octanol–water partition coefficient (Wildman–Crippen LogP) is 2.92. The monoisotopic (exact) mass is 245 g/mol. The lowest BCUT2D eigenvalue weighted by Crippen LogP contribution is -1.97. The van der Waals surface area contributed by atoms with Gasteiger partial charge in [-0.25, -0.2) is 4.98 Å². The van der Waals surface area contributed by atoms with E-state index in [0.717, 1.165) is 17.7 Å². The number of benzene rings is 1. The molecule has 18 heavy (non-hydrogen) atoms. The summed E-state index contributed by atoms with van der Waals surface area (Å²) in [6.07, 6.45) is 2.76. The number of rotatable bonds is 5. The van der Waals surface area contributed by atoms with Crippen molar-refractivity contribution in [1.82, 2.24) is 4.98 Å². The number of hydrogen-bond acceptors (Lipinski definition) is 3. The maximum atomic E-state index is 10.6. The molecule has 1 heterocycles. The van der Waals surface area contributed by atoms with Crippen LogP contribution in [0.5, 0.6) is 0 Å². The van der Waals surface area contributed by atoms with E-state index in [1.165, 1.54) is 12.0 Å². The number of aliphatic carboxylic acids is 1. The fourth-order valence-electron chi connectivity index (χ4n) is 1.80. The van der Waals surface area contributed by atoms with Gasteiger partial charge >= 0.3 is 5.97 Å². The Morgan fingerprint density at radius 2 is 2.06 bits per heavy atom. The minimum Gasteiger partial charge on any atom is -0.481 e. The van der Waals surface area contributed by atoms with Crippen LogP contribution in [-0.2, 0) is 17.6 Å². The van der Waals surface area contributed by atoms with Crippen molar-refractivity contribution in [2.75, 3.05) is 0 Å². The molecule has 94 valence electrons. The van der Waals surface area contributed by atoms with Crippen LogP contribution < -0.4 is 0 Å². The molecule has 2 rings (SSSR count). The molecule has 0 fully saturated rings. The Morgan fingerprint density at radius 1 is 1.33 bits per heavy atom. The molecule has 0 aliphatic carbocycles. The van der Waals surface area contributed by atoms with Gasteiger partial charge in [0.05, 0.1) is 6.42 Å². The summed E-state index contributed by atoms with van der Waals surface area (Å²) in [5.74, 6) is -0.208. The second-order valence-electron chi connectivity index (χ2n) is 4.07. The summed E-state index contributed by atoms with van der Waals surface area (Å²) in [4.78, 5) is 14.7. The third kappa shape index (κ3) is 2.77. The quantitative estimate of drug-likeness (QED) is 0.879. The van der Waals surface area contributed by atoms with E-state index in [-0.39, 0.29) is 6.42 Å². The molecule has 0 amide bonds. The predicted molar refractivity (Wildman–Crippen MR) is 67.3 cm³/mol. The van der Waals surface area contributed by atoms with Crippen molar-refractivity contribution in [3.63, 3.8) is 0 Å². The third-order valence-corrected chi connectivity index (χ3v) is 2.84. The van der Waals surface area contributed by atoms with Crippen molar-refractivity contribution in [3.8, 4) is 11.3 Å². The average molecular weight is 245 g/mol. The van der Waals surface area contributed by atoms with Crippen LogP contribution in [0.4, 0.5) is 0 Å². The Kier molecular flexibility index (Phi) is 3.77. The number of oxazole rings is 1. The van der Waals surface area contributed by atoms with Gasteiger partial charge in [0.25, 0.3) is 0 Å². The van der Waals surface area contributed by atoms with E-state index in [2.05, 4.69) is 11.9 Å². The van der Waals surface area contributed by atoms with Crippen LogP contribution in [0.1, 0.15) is 24.7 Å². The Labute approximate surface area is 105 Å². The molecule has 0 spiro atoms. The number of carboxylic acids is 1. The van der Waals surface area contributed by atoms with Crippen LogP contribution in [0.15, 0.2) is 35.1 Å². The zero-order valence-electron chi connectivity index (χ0n) is 10.2. The lowest BCUT2D eigenvalue weighted by Gasteiger charge is -2.02. The van der Waals surface area contributed by atoms with Crippen LogP contribution in [0.2, 0.25) is 0 Å². The van der Waals surface area contributed by atoms with Crippen LogP contribution in [0, 0.1) is 0 Å². The summed E-state index contributed by atoms with van der Waals surface area (Å²) in [6, 6.07) is 8.07. The number of aryl methyl sites for hydroxylation is 2. The van der Waals surface area contributed by atoms with E-state index in [4.69, 9.17) is 9.52 Å². The molecule has 0 saturated heterocycles. The maximum absolute atomic E-state index is 10.6. The molecule has 1 aromatic heterocycles. The fourth-order valence-corrected chi connectivity index (χ4v) is 1.80. The average Bonchev–Trinajstić information content (AvgIpc) is 2.85. The summed E-state index contributed by atoms with van der Waals surface area (Å²) in [7, 11) is 0. The van der Waals surface area contributed by atoms with Gasteiger partial charge in [-0.15, -0.1) is 0 Å². The zero-order chi connectivity index (χ0) is 13.0. The number of aromatic nitrogens is 1. The van der Waals surface area contributed by atoms with Crippen molar-refractivity contribution in [3.05, 3.63) is 42.0 Å². The summed E-state index contributed by atoms with van der Waals surface area (Å²) < 4.78 is 5.25. The summed E-state index contributed by atoms with van der Waals surface area (Å²) in [5, 5.41) is 8.68. The van der Waals surface area contributed by atoms with Crippen molar-refractivity contribution < 1.29 is 14.3 Å². The molecule has 0 bridgehead atoms. The molecule has 0 aliphatic rings. The normalized spacial score (nSPS) is 10.5. The molecule has 0 unspecified atom stereocenters. The van der Waals surface area contributed by atoms with E-state index in [9.17, 15) is 4.79 Å². The minimum absolute atomic E-state index is 0.0508. The summed E-state index contributed by atoms with van der Waals surface area (Å²) in [6.45, 7) is 2.10. The Hall–Kier alpha value is -2.10. The fraction of sp³-hybridized carbons (Fsp3) is 0.286. The molecule has 0 atom stereocenters. The highest BCUT2D eigenvalue weighted by Crippen LogP contribution is 2.23. The third-order valence-electron chi connectivity index (χ3n) is 2.84. The Bertz CT molecular complexity index is 528. The molecule has 1 aromatic carbocycles. The summed E-state index contributed by atoms with van der Waals surface area (Å²) in [5.41, 5.74) is 2.95. The van der Waals surface area contributed by atoms with Crippen molar-refractivity contribution in [2.45, 2.75) is 26.2 Å². The summed E-state index contributed by atoms with van der Waals surface area (Å²) >= 11 is 0. The highest BCUT2D eigenvalue weighted by Gasteiger charge is 2.11. The molecule has 0 saturated carbocycles. The molecular formula is C14H15NO3. The molecule has 0 radical (unpaired) electrons. The molecule has 1 N–H and O–H groups in total. The van der Waals surface area contributed by atoms with Gasteiger partial charge in [-0.2, -0.15) is 0 Å². The second-order valence-corrected chi connectivity index (χ2v) is 4.07. The van der Waals surface area contributed by atoms with Gasteiger partial charge in [0, 0.05) is 12.0 Å². The topological polar surface area (TPSA) is 63.3 Å². The first-order valence-corrected chi connectivity index (χ1v) is 5.94. The SMILES string of the molecule is CCc1ccc(-c2ncoc2CCC(=O)O)cc1. The molecule has 4 nitrogen and oxygen atoms in total. The highest BCUT2D eigenvalue weighted by atomic mass is 16.4. The van der Waals surface area contributed by atoms with Crippen molar-refractivity contribution in [2.24, 2.45) is 0 Å². The van der Waals surface area contributed by atoms with Crippen LogP contribution >= 0.6 is 0 Å². The Balaban J connectivity index is 2.21.